The number of carbonyl (C=O) groups excluding carboxylic acids is 1. The number of rotatable bonds is 5. The Bertz CT molecular complexity index is 640. The van der Waals surface area contributed by atoms with E-state index in [4.69, 9.17) is 5.26 Å². The summed E-state index contributed by atoms with van der Waals surface area (Å²) in [7, 11) is 1.37. The summed E-state index contributed by atoms with van der Waals surface area (Å²) in [5, 5.41) is 12.1. The predicted octanol–water partition coefficient (Wildman–Crippen LogP) is 2.63. The van der Waals surface area contributed by atoms with Crippen LogP contribution in [-0.4, -0.2) is 13.1 Å². The van der Waals surface area contributed by atoms with Crippen LogP contribution in [0.25, 0.3) is 0 Å². The third-order valence-electron chi connectivity index (χ3n) is 3.12. The predicted molar refractivity (Wildman–Crippen MR) is 79.5 cm³/mol. The lowest BCUT2D eigenvalue weighted by molar-refractivity contribution is 0.0600. The van der Waals surface area contributed by atoms with Gasteiger partial charge < -0.3 is 10.1 Å². The highest BCUT2D eigenvalue weighted by Crippen LogP contribution is 2.07. The highest BCUT2D eigenvalue weighted by Gasteiger charge is 2.04. The van der Waals surface area contributed by atoms with Crippen LogP contribution in [0.3, 0.4) is 0 Å². The number of nitrogens with zero attached hydrogens (tertiary/aromatic N) is 1. The summed E-state index contributed by atoms with van der Waals surface area (Å²) in [5.74, 6) is -0.327. The highest BCUT2D eigenvalue weighted by atomic mass is 16.5. The molecule has 2 aromatic carbocycles. The molecular weight excluding hydrogens is 264 g/mol. The minimum absolute atomic E-state index is 0.327. The summed E-state index contributed by atoms with van der Waals surface area (Å²) in [6, 6.07) is 16.9. The summed E-state index contributed by atoms with van der Waals surface area (Å²) in [6.07, 6.45) is 0. The Morgan fingerprint density at radius 2 is 1.57 bits per heavy atom. The third kappa shape index (κ3) is 4.16. The van der Waals surface area contributed by atoms with E-state index in [1.807, 2.05) is 36.4 Å². The van der Waals surface area contributed by atoms with Crippen LogP contribution in [0.5, 0.6) is 0 Å². The molecule has 2 rings (SSSR count). The summed E-state index contributed by atoms with van der Waals surface area (Å²) < 4.78 is 4.66. The highest BCUT2D eigenvalue weighted by molar-refractivity contribution is 5.89. The van der Waals surface area contributed by atoms with E-state index in [1.54, 1.807) is 12.1 Å². The molecule has 0 saturated carbocycles. The van der Waals surface area contributed by atoms with Gasteiger partial charge in [-0.2, -0.15) is 5.26 Å². The molecule has 0 unspecified atom stereocenters. The van der Waals surface area contributed by atoms with E-state index in [2.05, 4.69) is 16.1 Å². The Kier molecular flexibility index (Phi) is 5.08. The number of benzene rings is 2. The maximum atomic E-state index is 11.3. The van der Waals surface area contributed by atoms with Crippen LogP contribution in [0.15, 0.2) is 48.5 Å². The monoisotopic (exact) mass is 280 g/mol. The lowest BCUT2D eigenvalue weighted by atomic mass is 10.1. The SMILES string of the molecule is COC(=O)c1ccc(CNCc2ccc(C#N)cc2)cc1. The molecule has 0 heterocycles. The molecule has 0 radical (unpaired) electrons. The first kappa shape index (κ1) is 14.8. The normalized spacial score (nSPS) is 9.90. The molecule has 1 N–H and O–H groups in total. The van der Waals surface area contributed by atoms with Gasteiger partial charge in [-0.3, -0.25) is 0 Å². The fraction of sp³-hybridized carbons (Fsp3) is 0.176. The first-order valence-electron chi connectivity index (χ1n) is 6.60. The molecule has 0 aliphatic carbocycles. The van der Waals surface area contributed by atoms with Gasteiger partial charge >= 0.3 is 5.97 Å². The molecule has 2 aromatic rings. The number of nitrogens with one attached hydrogen (secondary N) is 1. The number of ether oxygens (including phenoxy) is 1. The van der Waals surface area contributed by atoms with E-state index in [0.717, 1.165) is 17.7 Å². The average Bonchev–Trinajstić information content (AvgIpc) is 2.55. The summed E-state index contributed by atoms with van der Waals surface area (Å²) in [4.78, 5) is 11.3. The zero-order chi connectivity index (χ0) is 15.1. The van der Waals surface area contributed by atoms with Crippen LogP contribution in [-0.2, 0) is 17.8 Å². The number of hydrogen-bond acceptors (Lipinski definition) is 4. The maximum absolute atomic E-state index is 11.3. The van der Waals surface area contributed by atoms with Gasteiger partial charge in [0, 0.05) is 13.1 Å². The summed E-state index contributed by atoms with van der Waals surface area (Å²) >= 11 is 0. The average molecular weight is 280 g/mol. The number of carbonyl (C=O) groups is 1. The maximum Gasteiger partial charge on any atom is 0.337 e. The fourth-order valence-corrected chi connectivity index (χ4v) is 1.92. The quantitative estimate of drug-likeness (QED) is 0.855. The Balaban J connectivity index is 1.85. The van der Waals surface area contributed by atoms with Gasteiger partial charge in [-0.05, 0) is 35.4 Å². The first-order valence-corrected chi connectivity index (χ1v) is 6.60. The molecule has 0 aliphatic heterocycles. The summed E-state index contributed by atoms with van der Waals surface area (Å²) in [6.45, 7) is 1.44. The standard InChI is InChI=1S/C17H16N2O2/c1-21-17(20)16-8-6-15(7-9-16)12-19-11-14-4-2-13(10-18)3-5-14/h2-9,19H,11-12H2,1H3. The molecule has 0 aromatic heterocycles. The molecule has 106 valence electrons. The van der Waals surface area contributed by atoms with Crippen molar-refractivity contribution < 1.29 is 9.53 Å². The zero-order valence-corrected chi connectivity index (χ0v) is 11.8. The van der Waals surface area contributed by atoms with Gasteiger partial charge in [-0.25, -0.2) is 4.79 Å². The third-order valence-corrected chi connectivity index (χ3v) is 3.12. The van der Waals surface area contributed by atoms with Crippen molar-refractivity contribution >= 4 is 5.97 Å². The van der Waals surface area contributed by atoms with E-state index in [1.165, 1.54) is 7.11 Å². The van der Waals surface area contributed by atoms with E-state index >= 15 is 0 Å². The van der Waals surface area contributed by atoms with Crippen LogP contribution >= 0.6 is 0 Å². The fourth-order valence-electron chi connectivity index (χ4n) is 1.92. The van der Waals surface area contributed by atoms with Crippen molar-refractivity contribution in [3.8, 4) is 6.07 Å². The second kappa shape index (κ2) is 7.22. The van der Waals surface area contributed by atoms with Gasteiger partial charge in [0.2, 0.25) is 0 Å². The molecule has 0 amide bonds. The topological polar surface area (TPSA) is 62.1 Å². The summed E-state index contributed by atoms with van der Waals surface area (Å²) in [5.41, 5.74) is 3.43. The first-order chi connectivity index (χ1) is 10.2. The van der Waals surface area contributed by atoms with Gasteiger partial charge in [-0.15, -0.1) is 0 Å². The van der Waals surface area contributed by atoms with Gasteiger partial charge in [0.25, 0.3) is 0 Å². The molecule has 4 heteroatoms. The van der Waals surface area contributed by atoms with Crippen molar-refractivity contribution in [3.05, 3.63) is 70.8 Å². The van der Waals surface area contributed by atoms with Crippen LogP contribution in [0.2, 0.25) is 0 Å². The number of hydrogen-bond donors (Lipinski definition) is 1. The number of esters is 1. The van der Waals surface area contributed by atoms with Gasteiger partial charge in [0.05, 0.1) is 24.3 Å². The van der Waals surface area contributed by atoms with Crippen LogP contribution < -0.4 is 5.32 Å². The Hall–Kier alpha value is -2.64. The molecule has 0 aliphatic rings. The van der Waals surface area contributed by atoms with Gasteiger partial charge in [0.1, 0.15) is 0 Å². The Labute approximate surface area is 124 Å². The van der Waals surface area contributed by atoms with Gasteiger partial charge in [-0.1, -0.05) is 24.3 Å². The van der Waals surface area contributed by atoms with E-state index in [-0.39, 0.29) is 5.97 Å². The second-order valence-corrected chi connectivity index (χ2v) is 4.60. The molecular formula is C17H16N2O2. The van der Waals surface area contributed by atoms with Crippen LogP contribution in [0.4, 0.5) is 0 Å². The lowest BCUT2D eigenvalue weighted by Crippen LogP contribution is -2.12. The molecule has 0 saturated heterocycles. The van der Waals surface area contributed by atoms with Crippen molar-refractivity contribution in [3.63, 3.8) is 0 Å². The minimum atomic E-state index is -0.327. The number of nitriles is 1. The smallest absolute Gasteiger partial charge is 0.337 e. The largest absolute Gasteiger partial charge is 0.465 e. The van der Waals surface area contributed by atoms with Crippen molar-refractivity contribution in [1.82, 2.24) is 5.32 Å². The Morgan fingerprint density at radius 1 is 1.05 bits per heavy atom. The van der Waals surface area contributed by atoms with Crippen molar-refractivity contribution in [2.45, 2.75) is 13.1 Å². The number of methoxy groups -OCH3 is 1. The van der Waals surface area contributed by atoms with E-state index < -0.39 is 0 Å². The zero-order valence-electron chi connectivity index (χ0n) is 11.8. The molecule has 0 atom stereocenters. The van der Waals surface area contributed by atoms with Crippen molar-refractivity contribution in [1.29, 1.82) is 5.26 Å². The second-order valence-electron chi connectivity index (χ2n) is 4.60. The molecule has 21 heavy (non-hydrogen) atoms. The van der Waals surface area contributed by atoms with E-state index in [9.17, 15) is 4.79 Å². The molecule has 4 nitrogen and oxygen atoms in total. The van der Waals surface area contributed by atoms with Crippen LogP contribution in [0.1, 0.15) is 27.0 Å². The molecule has 0 spiro atoms. The minimum Gasteiger partial charge on any atom is -0.465 e. The molecule has 0 fully saturated rings. The van der Waals surface area contributed by atoms with Crippen molar-refractivity contribution in [2.24, 2.45) is 0 Å². The molecule has 0 bridgehead atoms. The lowest BCUT2D eigenvalue weighted by Gasteiger charge is -2.06. The Morgan fingerprint density at radius 3 is 2.05 bits per heavy atom. The van der Waals surface area contributed by atoms with E-state index in [0.29, 0.717) is 17.7 Å². The van der Waals surface area contributed by atoms with Crippen molar-refractivity contribution in [2.75, 3.05) is 7.11 Å². The van der Waals surface area contributed by atoms with Gasteiger partial charge in [0.15, 0.2) is 0 Å². The van der Waals surface area contributed by atoms with Crippen LogP contribution in [0, 0.1) is 11.3 Å².